The van der Waals surface area contributed by atoms with Crippen molar-refractivity contribution < 1.29 is 9.18 Å². The number of hydrogen-bond donors (Lipinski definition) is 1. The highest BCUT2D eigenvalue weighted by Crippen LogP contribution is 2.27. The van der Waals surface area contributed by atoms with Gasteiger partial charge in [0, 0.05) is 25.2 Å². The Morgan fingerprint density at radius 3 is 2.57 bits per heavy atom. The molecule has 1 fully saturated rings. The van der Waals surface area contributed by atoms with Gasteiger partial charge in [-0.1, -0.05) is 18.2 Å². The van der Waals surface area contributed by atoms with Crippen LogP contribution in [0, 0.1) is 5.82 Å². The lowest BCUT2D eigenvalue weighted by Gasteiger charge is -2.31. The number of H-pyrrole nitrogens is 1. The van der Waals surface area contributed by atoms with Crippen LogP contribution in [0.3, 0.4) is 0 Å². The van der Waals surface area contributed by atoms with Crippen molar-refractivity contribution in [1.29, 1.82) is 0 Å². The maximum atomic E-state index is 13.1. The Hall–Kier alpha value is -3.29. The zero-order chi connectivity index (χ0) is 19.5. The average molecular weight is 381 g/mol. The zero-order valence-electron chi connectivity index (χ0n) is 15.2. The number of benzene rings is 1. The van der Waals surface area contributed by atoms with Gasteiger partial charge in [0.05, 0.1) is 6.54 Å². The number of aromatic amines is 1. The van der Waals surface area contributed by atoms with E-state index in [2.05, 4.69) is 15.2 Å². The molecule has 144 valence electrons. The Labute approximate surface area is 160 Å². The zero-order valence-corrected chi connectivity index (χ0v) is 15.2. The lowest BCUT2D eigenvalue weighted by Crippen LogP contribution is -2.39. The first-order valence-corrected chi connectivity index (χ1v) is 9.21. The molecule has 0 atom stereocenters. The van der Waals surface area contributed by atoms with Crippen LogP contribution in [-0.4, -0.2) is 43.6 Å². The summed E-state index contributed by atoms with van der Waals surface area (Å²) >= 11 is 0. The quantitative estimate of drug-likeness (QED) is 0.751. The fourth-order valence-electron chi connectivity index (χ4n) is 3.56. The van der Waals surface area contributed by atoms with Crippen molar-refractivity contribution in [3.05, 3.63) is 82.0 Å². The molecule has 2 aromatic heterocycles. The number of halogens is 1. The number of carbonyl (C=O) groups is 1. The summed E-state index contributed by atoms with van der Waals surface area (Å²) < 4.78 is 14.7. The van der Waals surface area contributed by atoms with E-state index < -0.39 is 0 Å². The van der Waals surface area contributed by atoms with E-state index in [-0.39, 0.29) is 23.3 Å². The summed E-state index contributed by atoms with van der Waals surface area (Å²) in [6.07, 6.45) is 3.04. The van der Waals surface area contributed by atoms with Gasteiger partial charge in [0.1, 0.15) is 17.3 Å². The molecule has 1 aliphatic heterocycles. The molecule has 1 saturated heterocycles. The molecule has 3 heterocycles. The predicted molar refractivity (Wildman–Crippen MR) is 100 cm³/mol. The number of amides is 1. The van der Waals surface area contributed by atoms with Crippen molar-refractivity contribution in [3.8, 4) is 0 Å². The van der Waals surface area contributed by atoms with Gasteiger partial charge in [-0.15, -0.1) is 0 Å². The topological polar surface area (TPSA) is 83.9 Å². The Morgan fingerprint density at radius 2 is 1.89 bits per heavy atom. The lowest BCUT2D eigenvalue weighted by atomic mass is 9.95. The van der Waals surface area contributed by atoms with E-state index in [1.807, 2.05) is 0 Å². The summed E-state index contributed by atoms with van der Waals surface area (Å²) in [5.41, 5.74) is 0.981. The number of likely N-dealkylation sites (tertiary alicyclic amines) is 1. The number of piperidine rings is 1. The van der Waals surface area contributed by atoms with E-state index in [0.717, 1.165) is 5.56 Å². The summed E-state index contributed by atoms with van der Waals surface area (Å²) in [7, 11) is 0. The van der Waals surface area contributed by atoms with Crippen LogP contribution in [0.5, 0.6) is 0 Å². The van der Waals surface area contributed by atoms with Gasteiger partial charge in [-0.3, -0.25) is 14.3 Å². The fraction of sp³-hybridized carbons (Fsp3) is 0.300. The summed E-state index contributed by atoms with van der Waals surface area (Å²) in [5.74, 6) is 0.365. The van der Waals surface area contributed by atoms with E-state index in [0.29, 0.717) is 44.0 Å². The number of aromatic nitrogens is 4. The summed E-state index contributed by atoms with van der Waals surface area (Å²) in [5, 5.41) is 6.74. The molecule has 0 aliphatic carbocycles. The third kappa shape index (κ3) is 3.71. The number of nitrogens with one attached hydrogen (secondary N) is 1. The number of pyridine rings is 1. The van der Waals surface area contributed by atoms with Crippen LogP contribution < -0.4 is 5.69 Å². The second-order valence-electron chi connectivity index (χ2n) is 6.88. The monoisotopic (exact) mass is 381 g/mol. The van der Waals surface area contributed by atoms with Gasteiger partial charge in [-0.2, -0.15) is 5.10 Å². The third-order valence-electron chi connectivity index (χ3n) is 5.07. The molecule has 28 heavy (non-hydrogen) atoms. The molecule has 8 heteroatoms. The Balaban J connectivity index is 1.46. The highest BCUT2D eigenvalue weighted by atomic mass is 19.1. The van der Waals surface area contributed by atoms with Crippen LogP contribution in [0.4, 0.5) is 4.39 Å². The van der Waals surface area contributed by atoms with Gasteiger partial charge in [0.15, 0.2) is 0 Å². The summed E-state index contributed by atoms with van der Waals surface area (Å²) in [6.45, 7) is 1.49. The van der Waals surface area contributed by atoms with Gasteiger partial charge >= 0.3 is 5.69 Å². The number of rotatable bonds is 4. The number of nitrogens with zero attached hydrogens (tertiary/aromatic N) is 4. The summed E-state index contributed by atoms with van der Waals surface area (Å²) in [4.78, 5) is 30.7. The van der Waals surface area contributed by atoms with Gasteiger partial charge in [-0.05, 0) is 42.7 Å². The first kappa shape index (κ1) is 18.1. The van der Waals surface area contributed by atoms with Gasteiger partial charge in [0.25, 0.3) is 5.91 Å². The maximum Gasteiger partial charge on any atom is 0.343 e. The van der Waals surface area contributed by atoms with Gasteiger partial charge in [0.2, 0.25) is 0 Å². The van der Waals surface area contributed by atoms with Crippen LogP contribution in [0.2, 0.25) is 0 Å². The van der Waals surface area contributed by atoms with Crippen LogP contribution >= 0.6 is 0 Å². The van der Waals surface area contributed by atoms with Crippen molar-refractivity contribution in [2.24, 2.45) is 0 Å². The number of carbonyl (C=O) groups excluding carboxylic acids is 1. The van der Waals surface area contributed by atoms with E-state index in [9.17, 15) is 14.0 Å². The van der Waals surface area contributed by atoms with E-state index in [4.69, 9.17) is 0 Å². The second kappa shape index (κ2) is 7.75. The Bertz CT molecular complexity index is 1010. The van der Waals surface area contributed by atoms with Crippen molar-refractivity contribution in [1.82, 2.24) is 24.6 Å². The molecule has 0 spiro atoms. The minimum absolute atomic E-state index is 0.0761. The normalized spacial score (nSPS) is 15.0. The Kier molecular flexibility index (Phi) is 5.01. The first-order chi connectivity index (χ1) is 13.6. The van der Waals surface area contributed by atoms with Crippen LogP contribution in [-0.2, 0) is 6.54 Å². The highest BCUT2D eigenvalue weighted by Gasteiger charge is 2.28. The molecule has 0 bridgehead atoms. The molecule has 0 unspecified atom stereocenters. The average Bonchev–Trinajstić information content (AvgIpc) is 3.10. The van der Waals surface area contributed by atoms with Crippen molar-refractivity contribution in [3.63, 3.8) is 0 Å². The smallest absolute Gasteiger partial charge is 0.337 e. The van der Waals surface area contributed by atoms with Crippen LogP contribution in [0.15, 0.2) is 53.5 Å². The standard InChI is InChI=1S/C20H20FN5O2/c21-16-6-4-14(5-7-16)13-26-18(23-24-20(26)28)15-8-11-25(12-9-15)19(27)17-3-1-2-10-22-17/h1-7,10,15H,8-9,11-13H2,(H,24,28). The van der Waals surface area contributed by atoms with E-state index in [1.54, 1.807) is 46.0 Å². The molecule has 1 N–H and O–H groups in total. The first-order valence-electron chi connectivity index (χ1n) is 9.21. The van der Waals surface area contributed by atoms with E-state index in [1.165, 1.54) is 12.1 Å². The van der Waals surface area contributed by atoms with Gasteiger partial charge < -0.3 is 4.90 Å². The molecule has 1 aromatic carbocycles. The van der Waals surface area contributed by atoms with Crippen molar-refractivity contribution in [2.75, 3.05) is 13.1 Å². The van der Waals surface area contributed by atoms with E-state index >= 15 is 0 Å². The molecule has 0 radical (unpaired) electrons. The second-order valence-corrected chi connectivity index (χ2v) is 6.88. The molecular weight excluding hydrogens is 361 g/mol. The molecular formula is C20H20FN5O2. The highest BCUT2D eigenvalue weighted by molar-refractivity contribution is 5.92. The van der Waals surface area contributed by atoms with Gasteiger partial charge in [-0.25, -0.2) is 14.3 Å². The number of hydrogen-bond acceptors (Lipinski definition) is 4. The Morgan fingerprint density at radius 1 is 1.14 bits per heavy atom. The van der Waals surface area contributed by atoms with Crippen molar-refractivity contribution in [2.45, 2.75) is 25.3 Å². The molecule has 3 aromatic rings. The molecule has 0 saturated carbocycles. The largest absolute Gasteiger partial charge is 0.343 e. The van der Waals surface area contributed by atoms with Crippen LogP contribution in [0.25, 0.3) is 0 Å². The van der Waals surface area contributed by atoms with Crippen LogP contribution in [0.1, 0.15) is 40.6 Å². The molecule has 1 aliphatic rings. The molecule has 4 rings (SSSR count). The minimum Gasteiger partial charge on any atom is -0.337 e. The lowest BCUT2D eigenvalue weighted by molar-refractivity contribution is 0.0704. The fourth-order valence-corrected chi connectivity index (χ4v) is 3.56. The minimum atomic E-state index is -0.312. The maximum absolute atomic E-state index is 13.1. The summed E-state index contributed by atoms with van der Waals surface area (Å²) in [6, 6.07) is 11.4. The van der Waals surface area contributed by atoms with Crippen molar-refractivity contribution >= 4 is 5.91 Å². The molecule has 1 amide bonds. The SMILES string of the molecule is O=C(c1ccccn1)N1CCC(c2n[nH]c(=O)n2Cc2ccc(F)cc2)CC1. The third-order valence-corrected chi connectivity index (χ3v) is 5.07. The molecule has 7 nitrogen and oxygen atoms in total. The predicted octanol–water partition coefficient (Wildman–Crippen LogP) is 2.17.